The zero-order valence-corrected chi connectivity index (χ0v) is 7.53. The molecule has 3 N–H and O–H groups in total. The molecule has 0 aliphatic carbocycles. The Morgan fingerprint density at radius 3 is 2.77 bits per heavy atom. The number of carbonyl (C=O) groups excluding carboxylic acids is 1. The second-order valence-electron chi connectivity index (χ2n) is 3.02. The van der Waals surface area contributed by atoms with Gasteiger partial charge < -0.3 is 15.4 Å². The third-order valence-electron chi connectivity index (χ3n) is 1.86. The summed E-state index contributed by atoms with van der Waals surface area (Å²) in [6.07, 6.45) is 0. The molecule has 6 nitrogen and oxygen atoms in total. The first-order valence-corrected chi connectivity index (χ1v) is 3.93. The van der Waals surface area contributed by atoms with Crippen molar-refractivity contribution in [1.29, 1.82) is 5.41 Å². The number of amides is 1. The number of amidine groups is 1. The largest absolute Gasteiger partial charge is 0.410 e. The van der Waals surface area contributed by atoms with Gasteiger partial charge in [0.1, 0.15) is 0 Å². The van der Waals surface area contributed by atoms with Gasteiger partial charge in [0.15, 0.2) is 5.84 Å². The smallest absolute Gasteiger partial charge is 0.278 e. The first kappa shape index (κ1) is 9.50. The molecule has 1 amide bonds. The zero-order valence-electron chi connectivity index (χ0n) is 7.53. The van der Waals surface area contributed by atoms with Gasteiger partial charge in [0.05, 0.1) is 6.67 Å². The van der Waals surface area contributed by atoms with Crippen LogP contribution in [0, 0.1) is 5.41 Å². The third kappa shape index (κ3) is 1.61. The summed E-state index contributed by atoms with van der Waals surface area (Å²) in [6, 6.07) is 0.0878. The van der Waals surface area contributed by atoms with Crippen molar-refractivity contribution in [2.75, 3.05) is 6.67 Å². The van der Waals surface area contributed by atoms with Crippen LogP contribution in [-0.4, -0.2) is 40.3 Å². The Morgan fingerprint density at radius 1 is 1.69 bits per heavy atom. The number of rotatable bonds is 1. The van der Waals surface area contributed by atoms with Gasteiger partial charge in [0.25, 0.3) is 5.91 Å². The summed E-state index contributed by atoms with van der Waals surface area (Å²) < 4.78 is 0. The Labute approximate surface area is 75.7 Å². The predicted molar refractivity (Wildman–Crippen MR) is 46.9 cm³/mol. The Morgan fingerprint density at radius 2 is 2.31 bits per heavy atom. The lowest BCUT2D eigenvalue weighted by Crippen LogP contribution is -2.57. The Bertz CT molecular complexity index is 272. The van der Waals surface area contributed by atoms with Crippen molar-refractivity contribution < 1.29 is 10.0 Å². The summed E-state index contributed by atoms with van der Waals surface area (Å²) in [5, 5.41) is 21.3. The van der Waals surface area contributed by atoms with Crippen LogP contribution in [0.5, 0.6) is 0 Å². The maximum absolute atomic E-state index is 11.0. The molecule has 0 unspecified atom stereocenters. The second-order valence-corrected chi connectivity index (χ2v) is 3.02. The lowest BCUT2D eigenvalue weighted by atomic mass is 10.2. The number of nitrogens with zero attached hydrogens (tertiary/aromatic N) is 2. The monoisotopic (exact) mass is 184 g/mol. The van der Waals surface area contributed by atoms with E-state index in [1.54, 1.807) is 4.90 Å². The molecule has 0 saturated carbocycles. The number of carbonyl (C=O) groups is 1. The average molecular weight is 184 g/mol. The maximum atomic E-state index is 11.0. The molecule has 0 aromatic carbocycles. The Balaban J connectivity index is 2.88. The molecule has 6 heteroatoms. The quantitative estimate of drug-likeness (QED) is 0.382. The van der Waals surface area contributed by atoms with Crippen molar-refractivity contribution in [3.8, 4) is 0 Å². The highest BCUT2D eigenvalue weighted by molar-refractivity contribution is 6.66. The molecule has 13 heavy (non-hydrogen) atoms. The van der Waals surface area contributed by atoms with Gasteiger partial charge in [-0.05, 0) is 13.8 Å². The van der Waals surface area contributed by atoms with Gasteiger partial charge in [-0.2, -0.15) is 0 Å². The summed E-state index contributed by atoms with van der Waals surface area (Å²) in [5.41, 5.74) is -0.236. The van der Waals surface area contributed by atoms with E-state index in [2.05, 4.69) is 10.5 Å². The average Bonchev–Trinajstić information content (AvgIpc) is 2.04. The van der Waals surface area contributed by atoms with E-state index in [0.29, 0.717) is 0 Å². The molecule has 0 bridgehead atoms. The van der Waals surface area contributed by atoms with E-state index in [9.17, 15) is 4.79 Å². The van der Waals surface area contributed by atoms with Crippen LogP contribution in [0.2, 0.25) is 0 Å². The van der Waals surface area contributed by atoms with Crippen LogP contribution in [-0.2, 0) is 4.79 Å². The van der Waals surface area contributed by atoms with Crippen molar-refractivity contribution in [2.24, 2.45) is 5.16 Å². The fourth-order valence-electron chi connectivity index (χ4n) is 1.10. The summed E-state index contributed by atoms with van der Waals surface area (Å²) in [4.78, 5) is 12.7. The van der Waals surface area contributed by atoms with Gasteiger partial charge >= 0.3 is 0 Å². The first-order valence-electron chi connectivity index (χ1n) is 3.93. The second kappa shape index (κ2) is 3.42. The van der Waals surface area contributed by atoms with Gasteiger partial charge in [-0.1, -0.05) is 5.16 Å². The van der Waals surface area contributed by atoms with E-state index < -0.39 is 5.91 Å². The van der Waals surface area contributed by atoms with Crippen LogP contribution in [0.1, 0.15) is 13.8 Å². The highest BCUT2D eigenvalue weighted by Gasteiger charge is 2.29. The Hall–Kier alpha value is -1.59. The fraction of sp³-hybridized carbons (Fsp3) is 0.571. The molecule has 1 aliphatic rings. The number of oxime groups is 1. The van der Waals surface area contributed by atoms with Gasteiger partial charge in [0.2, 0.25) is 5.71 Å². The predicted octanol–water partition coefficient (Wildman–Crippen LogP) is -0.408. The third-order valence-corrected chi connectivity index (χ3v) is 1.86. The molecule has 1 saturated heterocycles. The summed E-state index contributed by atoms with van der Waals surface area (Å²) in [5.74, 6) is -0.550. The van der Waals surface area contributed by atoms with Gasteiger partial charge in [-0.3, -0.25) is 10.2 Å². The molecule has 1 heterocycles. The molecular weight excluding hydrogens is 172 g/mol. The van der Waals surface area contributed by atoms with Gasteiger partial charge in [-0.15, -0.1) is 0 Å². The number of hydrogen-bond acceptors (Lipinski definition) is 4. The lowest BCUT2D eigenvalue weighted by Gasteiger charge is -2.32. The molecule has 0 atom stereocenters. The Kier molecular flexibility index (Phi) is 2.50. The summed E-state index contributed by atoms with van der Waals surface area (Å²) in [6.45, 7) is 4.07. The minimum atomic E-state index is -0.510. The molecular formula is C7H12N4O2. The molecule has 1 fully saturated rings. The van der Waals surface area contributed by atoms with E-state index in [4.69, 9.17) is 10.6 Å². The van der Waals surface area contributed by atoms with Crippen LogP contribution in [0.4, 0.5) is 0 Å². The summed E-state index contributed by atoms with van der Waals surface area (Å²) >= 11 is 0. The molecule has 72 valence electrons. The van der Waals surface area contributed by atoms with Crippen LogP contribution < -0.4 is 5.32 Å². The minimum Gasteiger partial charge on any atom is -0.410 e. The molecule has 1 aliphatic heterocycles. The standard InChI is InChI=1S/C7H12N4O2/c1-4(2)11-3-9-7(12)5(10-13)6(11)8/h4,8,13H,3H2,1-2H3,(H,9,12). The highest BCUT2D eigenvalue weighted by atomic mass is 16.4. The maximum Gasteiger partial charge on any atom is 0.278 e. The number of hydrogen-bond donors (Lipinski definition) is 3. The minimum absolute atomic E-state index is 0.0405. The highest BCUT2D eigenvalue weighted by Crippen LogP contribution is 2.03. The zero-order chi connectivity index (χ0) is 10.0. The van der Waals surface area contributed by atoms with E-state index >= 15 is 0 Å². The van der Waals surface area contributed by atoms with E-state index in [1.165, 1.54) is 0 Å². The van der Waals surface area contributed by atoms with Crippen LogP contribution in [0.15, 0.2) is 5.16 Å². The first-order chi connectivity index (χ1) is 6.07. The summed E-state index contributed by atoms with van der Waals surface area (Å²) in [7, 11) is 0. The van der Waals surface area contributed by atoms with Crippen LogP contribution >= 0.6 is 0 Å². The van der Waals surface area contributed by atoms with Crippen molar-refractivity contribution in [2.45, 2.75) is 19.9 Å². The van der Waals surface area contributed by atoms with Crippen LogP contribution in [0.25, 0.3) is 0 Å². The fourth-order valence-corrected chi connectivity index (χ4v) is 1.10. The van der Waals surface area contributed by atoms with Crippen LogP contribution in [0.3, 0.4) is 0 Å². The SMILES string of the molecule is CC(C)N1CNC(=O)C(=NO)C1=N. The molecule has 1 rings (SSSR count). The number of nitrogens with one attached hydrogen (secondary N) is 2. The van der Waals surface area contributed by atoms with Crippen molar-refractivity contribution in [3.05, 3.63) is 0 Å². The van der Waals surface area contributed by atoms with E-state index in [0.717, 1.165) is 0 Å². The van der Waals surface area contributed by atoms with Crippen molar-refractivity contribution >= 4 is 17.5 Å². The topological polar surface area (TPSA) is 88.8 Å². The van der Waals surface area contributed by atoms with Crippen molar-refractivity contribution in [3.63, 3.8) is 0 Å². The van der Waals surface area contributed by atoms with Crippen molar-refractivity contribution in [1.82, 2.24) is 10.2 Å². The van der Waals surface area contributed by atoms with Gasteiger partial charge in [0, 0.05) is 6.04 Å². The van der Waals surface area contributed by atoms with E-state index in [1.807, 2.05) is 13.8 Å². The van der Waals surface area contributed by atoms with E-state index in [-0.39, 0.29) is 24.3 Å². The van der Waals surface area contributed by atoms with Gasteiger partial charge in [-0.25, -0.2) is 0 Å². The molecule has 0 aromatic heterocycles. The molecule has 0 radical (unpaired) electrons. The molecule has 0 spiro atoms. The molecule has 0 aromatic rings. The lowest BCUT2D eigenvalue weighted by molar-refractivity contribution is -0.115. The normalized spacial score (nSPS) is 21.2.